The lowest BCUT2D eigenvalue weighted by atomic mass is 10.1. The van der Waals surface area contributed by atoms with Gasteiger partial charge in [0.1, 0.15) is 0 Å². The van der Waals surface area contributed by atoms with Crippen LogP contribution in [0.25, 0.3) is 0 Å². The normalized spacial score (nSPS) is 12.4. The molecule has 1 nitrogen and oxygen atoms in total. The highest BCUT2D eigenvalue weighted by Gasteiger charge is 2.01. The monoisotopic (exact) mass is 301 g/mol. The molecule has 0 atom stereocenters. The van der Waals surface area contributed by atoms with E-state index in [1.54, 1.807) is 0 Å². The van der Waals surface area contributed by atoms with Gasteiger partial charge in [0.05, 0.1) is 0 Å². The van der Waals surface area contributed by atoms with Crippen LogP contribution in [-0.4, -0.2) is 12.6 Å². The van der Waals surface area contributed by atoms with Crippen LogP contribution in [0.2, 0.25) is 0 Å². The van der Waals surface area contributed by atoms with Crippen LogP contribution in [0, 0.1) is 0 Å². The van der Waals surface area contributed by atoms with E-state index < -0.39 is 0 Å². The summed E-state index contributed by atoms with van der Waals surface area (Å²) < 4.78 is 1.24. The second-order valence-corrected chi connectivity index (χ2v) is 6.17. The number of rotatable bonds is 6. The zero-order valence-corrected chi connectivity index (χ0v) is 12.6. The van der Waals surface area contributed by atoms with Crippen LogP contribution in [0.15, 0.2) is 27.6 Å². The van der Waals surface area contributed by atoms with Gasteiger partial charge in [0.2, 0.25) is 0 Å². The summed E-state index contributed by atoms with van der Waals surface area (Å²) in [4.78, 5) is 1.42. The van der Waals surface area contributed by atoms with Crippen molar-refractivity contribution in [3.8, 4) is 0 Å². The molecule has 1 N–H and O–H groups in total. The molecule has 1 aromatic rings. The molecule has 16 heavy (non-hydrogen) atoms. The molecule has 0 fully saturated rings. The van der Waals surface area contributed by atoms with E-state index in [0.717, 1.165) is 19.4 Å². The van der Waals surface area contributed by atoms with Gasteiger partial charge in [-0.3, -0.25) is 0 Å². The van der Waals surface area contributed by atoms with E-state index in [9.17, 15) is 0 Å². The molecule has 0 aromatic carbocycles. The third kappa shape index (κ3) is 5.28. The standard InChI is InChI=1S/C13H20BrNS/c1-10(2)15-7-4-5-11(3)9-13-12(14)6-8-16-13/h5-6,8,10,15H,4,7,9H2,1-3H3. The predicted octanol–water partition coefficient (Wildman–Crippen LogP) is 4.39. The van der Waals surface area contributed by atoms with Crippen molar-refractivity contribution < 1.29 is 0 Å². The lowest BCUT2D eigenvalue weighted by Gasteiger charge is -2.06. The fraction of sp³-hybridized carbons (Fsp3) is 0.538. The molecule has 90 valence electrons. The smallest absolute Gasteiger partial charge is 0.0317 e. The van der Waals surface area contributed by atoms with Crippen molar-refractivity contribution in [2.75, 3.05) is 6.54 Å². The second kappa shape index (κ2) is 7.25. The number of allylic oxidation sites excluding steroid dienone is 1. The Bertz CT molecular complexity index is 341. The molecular formula is C13H20BrNS. The molecule has 0 amide bonds. The minimum atomic E-state index is 0.583. The Balaban J connectivity index is 2.32. The van der Waals surface area contributed by atoms with Gasteiger partial charge in [-0.1, -0.05) is 25.5 Å². The number of nitrogens with one attached hydrogen (secondary N) is 1. The number of halogens is 1. The van der Waals surface area contributed by atoms with Crippen LogP contribution in [0.1, 0.15) is 32.1 Å². The molecule has 0 aliphatic carbocycles. The van der Waals surface area contributed by atoms with Gasteiger partial charge >= 0.3 is 0 Å². The summed E-state index contributed by atoms with van der Waals surface area (Å²) in [6, 6.07) is 2.70. The van der Waals surface area contributed by atoms with Gasteiger partial charge in [-0.15, -0.1) is 11.3 Å². The maximum absolute atomic E-state index is 3.57. The predicted molar refractivity (Wildman–Crippen MR) is 77.2 cm³/mol. The van der Waals surface area contributed by atoms with Gasteiger partial charge in [0.15, 0.2) is 0 Å². The van der Waals surface area contributed by atoms with E-state index in [0.29, 0.717) is 6.04 Å². The Labute approximate surface area is 111 Å². The number of thiophene rings is 1. The Morgan fingerprint density at radius 1 is 1.56 bits per heavy atom. The largest absolute Gasteiger partial charge is 0.314 e. The van der Waals surface area contributed by atoms with Crippen molar-refractivity contribution >= 4 is 27.3 Å². The Hall–Kier alpha value is -0.120. The van der Waals surface area contributed by atoms with Crippen LogP contribution in [-0.2, 0) is 6.42 Å². The number of hydrogen-bond donors (Lipinski definition) is 1. The van der Waals surface area contributed by atoms with Crippen molar-refractivity contribution in [1.29, 1.82) is 0 Å². The van der Waals surface area contributed by atoms with E-state index in [2.05, 4.69) is 59.5 Å². The molecular weight excluding hydrogens is 282 g/mol. The minimum absolute atomic E-state index is 0.583. The summed E-state index contributed by atoms with van der Waals surface area (Å²) in [5.41, 5.74) is 1.45. The molecule has 1 rings (SSSR count). The third-order valence-electron chi connectivity index (χ3n) is 2.32. The SMILES string of the molecule is CC(=CCCNC(C)C)Cc1sccc1Br. The van der Waals surface area contributed by atoms with E-state index in [-0.39, 0.29) is 0 Å². The highest BCUT2D eigenvalue weighted by atomic mass is 79.9. The Morgan fingerprint density at radius 3 is 2.88 bits per heavy atom. The summed E-state index contributed by atoms with van der Waals surface area (Å²) in [6.07, 6.45) is 4.52. The summed E-state index contributed by atoms with van der Waals surface area (Å²) in [6.45, 7) is 7.64. The topological polar surface area (TPSA) is 12.0 Å². The maximum atomic E-state index is 3.57. The quantitative estimate of drug-likeness (QED) is 0.607. The van der Waals surface area contributed by atoms with Gasteiger partial charge in [0.25, 0.3) is 0 Å². The van der Waals surface area contributed by atoms with E-state index >= 15 is 0 Å². The first kappa shape index (κ1) is 13.9. The summed E-state index contributed by atoms with van der Waals surface area (Å²) in [5, 5.41) is 5.55. The second-order valence-electron chi connectivity index (χ2n) is 4.32. The Morgan fingerprint density at radius 2 is 2.31 bits per heavy atom. The molecule has 0 aliphatic heterocycles. The van der Waals surface area contributed by atoms with Gasteiger partial charge in [-0.05, 0) is 47.3 Å². The molecule has 1 aromatic heterocycles. The third-order valence-corrected chi connectivity index (χ3v) is 4.25. The van der Waals surface area contributed by atoms with Crippen molar-refractivity contribution in [1.82, 2.24) is 5.32 Å². The molecule has 0 saturated heterocycles. The summed E-state index contributed by atoms with van der Waals surface area (Å²) in [5.74, 6) is 0. The van der Waals surface area contributed by atoms with Crippen molar-refractivity contribution in [3.63, 3.8) is 0 Å². The van der Waals surface area contributed by atoms with Crippen LogP contribution in [0.3, 0.4) is 0 Å². The van der Waals surface area contributed by atoms with Gasteiger partial charge in [-0.2, -0.15) is 0 Å². The van der Waals surface area contributed by atoms with Gasteiger partial charge < -0.3 is 5.32 Å². The molecule has 0 aliphatic rings. The number of hydrogen-bond acceptors (Lipinski definition) is 2. The molecule has 0 saturated carbocycles. The fourth-order valence-electron chi connectivity index (χ4n) is 1.47. The van der Waals surface area contributed by atoms with Crippen LogP contribution >= 0.6 is 27.3 Å². The van der Waals surface area contributed by atoms with Crippen molar-refractivity contribution in [2.24, 2.45) is 0 Å². The first-order valence-electron chi connectivity index (χ1n) is 5.70. The maximum Gasteiger partial charge on any atom is 0.0317 e. The molecule has 1 heterocycles. The van der Waals surface area contributed by atoms with Crippen molar-refractivity contribution in [3.05, 3.63) is 32.4 Å². The first-order valence-corrected chi connectivity index (χ1v) is 7.37. The van der Waals surface area contributed by atoms with Crippen LogP contribution in [0.5, 0.6) is 0 Å². The zero-order chi connectivity index (χ0) is 12.0. The summed E-state index contributed by atoms with van der Waals surface area (Å²) in [7, 11) is 0. The minimum Gasteiger partial charge on any atom is -0.314 e. The Kier molecular flexibility index (Phi) is 6.32. The fourth-order valence-corrected chi connectivity index (χ4v) is 3.05. The lowest BCUT2D eigenvalue weighted by molar-refractivity contribution is 0.594. The average molecular weight is 302 g/mol. The molecule has 0 unspecified atom stereocenters. The summed E-state index contributed by atoms with van der Waals surface area (Å²) >= 11 is 5.39. The molecule has 0 bridgehead atoms. The zero-order valence-electron chi connectivity index (χ0n) is 10.2. The van der Waals surface area contributed by atoms with Crippen LogP contribution < -0.4 is 5.32 Å². The highest BCUT2D eigenvalue weighted by Crippen LogP contribution is 2.25. The average Bonchev–Trinajstić information content (AvgIpc) is 2.59. The first-order chi connectivity index (χ1) is 7.59. The lowest BCUT2D eigenvalue weighted by Crippen LogP contribution is -2.23. The van der Waals surface area contributed by atoms with Crippen LogP contribution in [0.4, 0.5) is 0 Å². The van der Waals surface area contributed by atoms with Gasteiger partial charge in [0, 0.05) is 21.8 Å². The van der Waals surface area contributed by atoms with Gasteiger partial charge in [-0.25, -0.2) is 0 Å². The molecule has 0 spiro atoms. The molecule has 3 heteroatoms. The van der Waals surface area contributed by atoms with Crippen molar-refractivity contribution in [2.45, 2.75) is 39.7 Å². The van der Waals surface area contributed by atoms with E-state index in [1.165, 1.54) is 14.9 Å². The highest BCUT2D eigenvalue weighted by molar-refractivity contribution is 9.10. The molecule has 0 radical (unpaired) electrons. The van der Waals surface area contributed by atoms with E-state index in [1.807, 2.05) is 11.3 Å². The van der Waals surface area contributed by atoms with E-state index in [4.69, 9.17) is 0 Å².